The molecule has 3 atom stereocenters. The van der Waals surface area contributed by atoms with Crippen molar-refractivity contribution in [1.82, 2.24) is 0 Å². The summed E-state index contributed by atoms with van der Waals surface area (Å²) in [5, 5.41) is 12.4. The first-order valence-electron chi connectivity index (χ1n) is 5.93. The molecule has 1 aromatic rings. The molecule has 88 valence electrons. The van der Waals surface area contributed by atoms with E-state index < -0.39 is 12.0 Å². The third-order valence-corrected chi connectivity index (χ3v) is 3.78. The van der Waals surface area contributed by atoms with Crippen molar-refractivity contribution in [2.24, 2.45) is 5.92 Å². The molecule has 0 spiro atoms. The van der Waals surface area contributed by atoms with Gasteiger partial charge in [0.05, 0.1) is 0 Å². The Morgan fingerprint density at radius 2 is 2.29 bits per heavy atom. The van der Waals surface area contributed by atoms with Gasteiger partial charge in [-0.15, -0.1) is 0 Å². The summed E-state index contributed by atoms with van der Waals surface area (Å²) in [6.07, 6.45) is 5.10. The van der Waals surface area contributed by atoms with Crippen LogP contribution in [0.4, 0.5) is 5.69 Å². The predicted molar refractivity (Wildman–Crippen MR) is 66.2 cm³/mol. The Balaban J connectivity index is 2.09. The monoisotopic (exact) mass is 229 g/mol. The second-order valence-electron chi connectivity index (χ2n) is 4.90. The van der Waals surface area contributed by atoms with Crippen molar-refractivity contribution in [3.05, 3.63) is 41.5 Å². The van der Waals surface area contributed by atoms with Crippen molar-refractivity contribution in [1.29, 1.82) is 0 Å². The van der Waals surface area contributed by atoms with Crippen LogP contribution in [0, 0.1) is 12.8 Å². The number of rotatable bonds is 1. The van der Waals surface area contributed by atoms with Crippen molar-refractivity contribution in [2.75, 3.05) is 5.32 Å². The van der Waals surface area contributed by atoms with Crippen LogP contribution in [0.1, 0.15) is 23.5 Å². The smallest absolute Gasteiger partial charge is 0.326 e. The van der Waals surface area contributed by atoms with E-state index in [0.717, 1.165) is 12.1 Å². The van der Waals surface area contributed by atoms with E-state index in [-0.39, 0.29) is 11.8 Å². The summed E-state index contributed by atoms with van der Waals surface area (Å²) in [7, 11) is 0. The molecule has 0 fully saturated rings. The van der Waals surface area contributed by atoms with E-state index in [1.807, 2.05) is 12.1 Å². The molecule has 0 bridgehead atoms. The van der Waals surface area contributed by atoms with E-state index in [1.165, 1.54) is 11.1 Å². The standard InChI is InChI=1S/C14H15NO2/c1-8-5-6-12-11(7-8)9-3-2-4-10(9)13(15-12)14(16)17/h2-3,5-7,9-10,13,15H,4H2,1H3,(H,16,17)/t9-,10+,13-/m1/s1. The fourth-order valence-corrected chi connectivity index (χ4v) is 2.96. The molecule has 0 saturated heterocycles. The Morgan fingerprint density at radius 3 is 3.06 bits per heavy atom. The molecule has 0 unspecified atom stereocenters. The van der Waals surface area contributed by atoms with Crippen LogP contribution in [0.25, 0.3) is 0 Å². The van der Waals surface area contributed by atoms with Crippen LogP contribution in [-0.4, -0.2) is 17.1 Å². The van der Waals surface area contributed by atoms with Crippen LogP contribution in [0.15, 0.2) is 30.4 Å². The van der Waals surface area contributed by atoms with Gasteiger partial charge in [-0.1, -0.05) is 29.8 Å². The Kier molecular flexibility index (Phi) is 2.21. The fraction of sp³-hybridized carbons (Fsp3) is 0.357. The summed E-state index contributed by atoms with van der Waals surface area (Å²) >= 11 is 0. The van der Waals surface area contributed by atoms with Gasteiger partial charge in [-0.25, -0.2) is 4.79 Å². The second kappa shape index (κ2) is 3.62. The zero-order valence-electron chi connectivity index (χ0n) is 9.68. The number of aryl methyl sites for hydroxylation is 1. The normalized spacial score (nSPS) is 29.4. The lowest BCUT2D eigenvalue weighted by Gasteiger charge is -2.34. The van der Waals surface area contributed by atoms with Crippen LogP contribution in [0.3, 0.4) is 0 Å². The number of nitrogens with one attached hydrogen (secondary N) is 1. The molecule has 2 aliphatic rings. The number of hydrogen-bond donors (Lipinski definition) is 2. The first-order valence-corrected chi connectivity index (χ1v) is 5.93. The topological polar surface area (TPSA) is 49.3 Å². The molecule has 17 heavy (non-hydrogen) atoms. The van der Waals surface area contributed by atoms with Gasteiger partial charge < -0.3 is 10.4 Å². The third-order valence-electron chi connectivity index (χ3n) is 3.78. The Hall–Kier alpha value is -1.77. The maximum absolute atomic E-state index is 11.3. The Morgan fingerprint density at radius 1 is 1.47 bits per heavy atom. The molecule has 3 nitrogen and oxygen atoms in total. The molecule has 2 N–H and O–H groups in total. The molecule has 1 aliphatic heterocycles. The first kappa shape index (κ1) is 10.4. The van der Waals surface area contributed by atoms with Gasteiger partial charge in [-0.3, -0.25) is 0 Å². The molecule has 3 rings (SSSR count). The van der Waals surface area contributed by atoms with Crippen molar-refractivity contribution in [2.45, 2.75) is 25.3 Å². The number of hydrogen-bond acceptors (Lipinski definition) is 2. The van der Waals surface area contributed by atoms with Gasteiger partial charge in [-0.05, 0) is 25.0 Å². The van der Waals surface area contributed by atoms with Gasteiger partial charge in [0.15, 0.2) is 0 Å². The van der Waals surface area contributed by atoms with E-state index in [4.69, 9.17) is 0 Å². The maximum atomic E-state index is 11.3. The number of aliphatic carboxylic acids is 1. The van der Waals surface area contributed by atoms with Crippen LogP contribution in [0.5, 0.6) is 0 Å². The minimum Gasteiger partial charge on any atom is -0.480 e. The predicted octanol–water partition coefficient (Wildman–Crippen LogP) is 2.53. The van der Waals surface area contributed by atoms with Gasteiger partial charge in [0.25, 0.3) is 0 Å². The number of carboxylic acids is 1. The SMILES string of the molecule is Cc1ccc2c(c1)[C@@H]1C=CC[C@@H]1[C@H](C(=O)O)N2. The number of carboxylic acid groups (broad SMARTS) is 1. The third kappa shape index (κ3) is 1.54. The van der Waals surface area contributed by atoms with Crippen LogP contribution in [-0.2, 0) is 4.79 Å². The average Bonchev–Trinajstić information content (AvgIpc) is 2.76. The lowest BCUT2D eigenvalue weighted by molar-refractivity contribution is -0.139. The summed E-state index contributed by atoms with van der Waals surface area (Å²) in [6, 6.07) is 5.70. The van der Waals surface area contributed by atoms with E-state index in [9.17, 15) is 9.90 Å². The molecule has 3 heteroatoms. The summed E-state index contributed by atoms with van der Waals surface area (Å²) in [4.78, 5) is 11.3. The van der Waals surface area contributed by atoms with Crippen LogP contribution >= 0.6 is 0 Å². The molecule has 1 heterocycles. The van der Waals surface area contributed by atoms with Crippen molar-refractivity contribution in [3.63, 3.8) is 0 Å². The first-order chi connectivity index (χ1) is 8.16. The van der Waals surface area contributed by atoms with Crippen LogP contribution < -0.4 is 5.32 Å². The van der Waals surface area contributed by atoms with Crippen LogP contribution in [0.2, 0.25) is 0 Å². The van der Waals surface area contributed by atoms with E-state index >= 15 is 0 Å². The highest BCUT2D eigenvalue weighted by molar-refractivity contribution is 5.80. The number of fused-ring (bicyclic) bond motifs is 3. The molecule has 0 amide bonds. The molecular formula is C14H15NO2. The van der Waals surface area contributed by atoms with E-state index in [2.05, 4.69) is 30.5 Å². The minimum atomic E-state index is -0.755. The molecular weight excluding hydrogens is 214 g/mol. The molecule has 1 aliphatic carbocycles. The summed E-state index contributed by atoms with van der Waals surface area (Å²) in [6.45, 7) is 2.07. The van der Waals surface area contributed by atoms with E-state index in [0.29, 0.717) is 0 Å². The fourth-order valence-electron chi connectivity index (χ4n) is 2.96. The summed E-state index contributed by atoms with van der Waals surface area (Å²) in [5.74, 6) is -0.344. The molecule has 0 aromatic heterocycles. The number of carbonyl (C=O) groups is 1. The lowest BCUT2D eigenvalue weighted by atomic mass is 9.79. The van der Waals surface area contributed by atoms with Gasteiger partial charge in [0.1, 0.15) is 6.04 Å². The van der Waals surface area contributed by atoms with Gasteiger partial charge >= 0.3 is 5.97 Å². The van der Waals surface area contributed by atoms with Crippen molar-refractivity contribution >= 4 is 11.7 Å². The largest absolute Gasteiger partial charge is 0.480 e. The minimum absolute atomic E-state index is 0.154. The van der Waals surface area contributed by atoms with E-state index in [1.54, 1.807) is 0 Å². The highest BCUT2D eigenvalue weighted by Gasteiger charge is 2.40. The highest BCUT2D eigenvalue weighted by atomic mass is 16.4. The zero-order valence-corrected chi connectivity index (χ0v) is 9.68. The van der Waals surface area contributed by atoms with Gasteiger partial charge in [-0.2, -0.15) is 0 Å². The van der Waals surface area contributed by atoms with Crippen molar-refractivity contribution in [3.8, 4) is 0 Å². The number of allylic oxidation sites excluding steroid dienone is 2. The van der Waals surface area contributed by atoms with Crippen molar-refractivity contribution < 1.29 is 9.90 Å². The zero-order chi connectivity index (χ0) is 12.0. The summed E-state index contributed by atoms with van der Waals surface area (Å²) in [5.41, 5.74) is 3.43. The highest BCUT2D eigenvalue weighted by Crippen LogP contribution is 2.44. The molecule has 0 saturated carbocycles. The molecule has 1 aromatic carbocycles. The quantitative estimate of drug-likeness (QED) is 0.727. The maximum Gasteiger partial charge on any atom is 0.326 e. The van der Waals surface area contributed by atoms with Gasteiger partial charge in [0, 0.05) is 17.5 Å². The second-order valence-corrected chi connectivity index (χ2v) is 4.90. The molecule has 0 radical (unpaired) electrons. The Labute approximate surface area is 100 Å². The summed E-state index contributed by atoms with van der Waals surface area (Å²) < 4.78 is 0. The lowest BCUT2D eigenvalue weighted by Crippen LogP contribution is -2.41. The number of anilines is 1. The number of benzene rings is 1. The van der Waals surface area contributed by atoms with Gasteiger partial charge in [0.2, 0.25) is 0 Å². The average molecular weight is 229 g/mol. The Bertz CT molecular complexity index is 507.